The molecule has 4 nitrogen and oxygen atoms in total. The third kappa shape index (κ3) is 7.40. The summed E-state index contributed by atoms with van der Waals surface area (Å²) in [7, 11) is 1.55. The number of hydrogen-bond acceptors (Lipinski definition) is 4. The standard InChI is InChI=1S/C19H31NO3/c1-3-4-5-6-7-8-9-10-11-12-18(20-22)17-14-13-16(23-2)15-19(17)21/h13-15,21-22H,3-12H2,1-2H3/b20-18+. The van der Waals surface area contributed by atoms with Crippen molar-refractivity contribution < 1.29 is 15.1 Å². The van der Waals surface area contributed by atoms with Gasteiger partial charge >= 0.3 is 0 Å². The molecule has 0 aliphatic rings. The smallest absolute Gasteiger partial charge is 0.128 e. The zero-order chi connectivity index (χ0) is 16.9. The number of phenols is 1. The fourth-order valence-electron chi connectivity index (χ4n) is 2.72. The third-order valence-corrected chi connectivity index (χ3v) is 4.15. The Balaban J connectivity index is 2.27. The van der Waals surface area contributed by atoms with Crippen LogP contribution in [0, 0.1) is 0 Å². The maximum atomic E-state index is 10.00. The highest BCUT2D eigenvalue weighted by molar-refractivity contribution is 6.02. The Kier molecular flexibility index (Phi) is 9.92. The number of unbranched alkanes of at least 4 members (excludes halogenated alkanes) is 8. The van der Waals surface area contributed by atoms with Gasteiger partial charge in [-0.05, 0) is 25.0 Å². The number of phenolic OH excluding ortho intramolecular Hbond substituents is 1. The molecule has 0 aromatic heterocycles. The molecule has 1 aromatic rings. The second kappa shape index (κ2) is 11.8. The average molecular weight is 321 g/mol. The van der Waals surface area contributed by atoms with Crippen molar-refractivity contribution in [3.05, 3.63) is 23.8 Å². The predicted octanol–water partition coefficient (Wildman–Crippen LogP) is 5.50. The topological polar surface area (TPSA) is 62.1 Å². The Morgan fingerprint density at radius 1 is 1.00 bits per heavy atom. The highest BCUT2D eigenvalue weighted by Gasteiger charge is 2.10. The van der Waals surface area contributed by atoms with Crippen molar-refractivity contribution in [1.29, 1.82) is 0 Å². The molecule has 0 saturated carbocycles. The molecule has 0 saturated heterocycles. The number of nitrogens with zero attached hydrogens (tertiary/aromatic N) is 1. The molecule has 0 aliphatic heterocycles. The molecule has 0 spiro atoms. The van der Waals surface area contributed by atoms with Gasteiger partial charge in [0, 0.05) is 11.6 Å². The van der Waals surface area contributed by atoms with Crippen LogP contribution in [0.25, 0.3) is 0 Å². The van der Waals surface area contributed by atoms with Crippen LogP contribution in [0.5, 0.6) is 11.5 Å². The quantitative estimate of drug-likeness (QED) is 0.231. The first-order valence-electron chi connectivity index (χ1n) is 8.81. The summed E-state index contributed by atoms with van der Waals surface area (Å²) in [6.45, 7) is 2.24. The zero-order valence-electron chi connectivity index (χ0n) is 14.6. The second-order valence-corrected chi connectivity index (χ2v) is 6.01. The van der Waals surface area contributed by atoms with Crippen LogP contribution in [0.2, 0.25) is 0 Å². The summed E-state index contributed by atoms with van der Waals surface area (Å²) in [6, 6.07) is 5.03. The fraction of sp³-hybridized carbons (Fsp3) is 0.632. The first kappa shape index (κ1) is 19.3. The molecule has 0 aliphatic carbocycles. The molecule has 2 N–H and O–H groups in total. The minimum absolute atomic E-state index is 0.0908. The van der Waals surface area contributed by atoms with E-state index in [0.29, 0.717) is 23.4 Å². The summed E-state index contributed by atoms with van der Waals surface area (Å²) in [5, 5.41) is 22.6. The zero-order valence-corrected chi connectivity index (χ0v) is 14.6. The van der Waals surface area contributed by atoms with E-state index in [9.17, 15) is 10.3 Å². The lowest BCUT2D eigenvalue weighted by Gasteiger charge is -2.08. The van der Waals surface area contributed by atoms with Gasteiger partial charge in [0.05, 0.1) is 12.8 Å². The van der Waals surface area contributed by atoms with E-state index in [4.69, 9.17) is 4.74 Å². The van der Waals surface area contributed by atoms with Crippen molar-refractivity contribution >= 4 is 5.71 Å². The molecule has 23 heavy (non-hydrogen) atoms. The Morgan fingerprint density at radius 2 is 1.61 bits per heavy atom. The van der Waals surface area contributed by atoms with Crippen molar-refractivity contribution in [3.8, 4) is 11.5 Å². The summed E-state index contributed by atoms with van der Waals surface area (Å²) in [4.78, 5) is 0. The van der Waals surface area contributed by atoms with Gasteiger partial charge in [-0.15, -0.1) is 0 Å². The lowest BCUT2D eigenvalue weighted by atomic mass is 10.0. The predicted molar refractivity (Wildman–Crippen MR) is 94.8 cm³/mol. The number of benzene rings is 1. The highest BCUT2D eigenvalue weighted by atomic mass is 16.5. The number of methoxy groups -OCH3 is 1. The van der Waals surface area contributed by atoms with E-state index >= 15 is 0 Å². The van der Waals surface area contributed by atoms with E-state index < -0.39 is 0 Å². The maximum Gasteiger partial charge on any atom is 0.128 e. The summed E-state index contributed by atoms with van der Waals surface area (Å²) < 4.78 is 5.06. The Bertz CT molecular complexity index is 472. The van der Waals surface area contributed by atoms with Gasteiger partial charge < -0.3 is 15.1 Å². The first-order chi connectivity index (χ1) is 11.2. The second-order valence-electron chi connectivity index (χ2n) is 6.01. The SMILES string of the molecule is CCCCCCCCCCC/C(=N\O)c1ccc(OC)cc1O. The highest BCUT2D eigenvalue weighted by Crippen LogP contribution is 2.25. The molecule has 130 valence electrons. The minimum Gasteiger partial charge on any atom is -0.507 e. The first-order valence-corrected chi connectivity index (χ1v) is 8.81. The lowest BCUT2D eigenvalue weighted by Crippen LogP contribution is -2.02. The number of ether oxygens (including phenoxy) is 1. The molecular weight excluding hydrogens is 290 g/mol. The van der Waals surface area contributed by atoms with Crippen molar-refractivity contribution in [2.45, 2.75) is 71.1 Å². The van der Waals surface area contributed by atoms with Gasteiger partial charge in [0.25, 0.3) is 0 Å². The molecule has 4 heteroatoms. The van der Waals surface area contributed by atoms with Crippen molar-refractivity contribution in [2.75, 3.05) is 7.11 Å². The number of rotatable bonds is 12. The van der Waals surface area contributed by atoms with Crippen LogP contribution < -0.4 is 4.74 Å². The van der Waals surface area contributed by atoms with Crippen LogP contribution in [-0.2, 0) is 0 Å². The van der Waals surface area contributed by atoms with Crippen molar-refractivity contribution in [2.24, 2.45) is 5.16 Å². The van der Waals surface area contributed by atoms with Crippen LogP contribution >= 0.6 is 0 Å². The molecule has 0 atom stereocenters. The van der Waals surface area contributed by atoms with Gasteiger partial charge in [0.2, 0.25) is 0 Å². The van der Waals surface area contributed by atoms with E-state index in [1.54, 1.807) is 19.2 Å². The fourth-order valence-corrected chi connectivity index (χ4v) is 2.72. The van der Waals surface area contributed by atoms with Crippen LogP contribution in [0.15, 0.2) is 23.4 Å². The summed E-state index contributed by atoms with van der Waals surface area (Å²) in [6.07, 6.45) is 11.9. The van der Waals surface area contributed by atoms with Crippen molar-refractivity contribution in [1.82, 2.24) is 0 Å². The molecule has 0 bridgehead atoms. The van der Waals surface area contributed by atoms with E-state index in [2.05, 4.69) is 12.1 Å². The molecule has 0 heterocycles. The molecule has 1 rings (SSSR count). The van der Waals surface area contributed by atoms with Gasteiger partial charge in [-0.1, -0.05) is 63.4 Å². The number of aromatic hydroxyl groups is 1. The summed E-state index contributed by atoms with van der Waals surface area (Å²) in [5.74, 6) is 0.680. The van der Waals surface area contributed by atoms with Gasteiger partial charge in [0.1, 0.15) is 11.5 Å². The number of hydrogen-bond donors (Lipinski definition) is 2. The largest absolute Gasteiger partial charge is 0.507 e. The van der Waals surface area contributed by atoms with E-state index in [1.165, 1.54) is 51.0 Å². The summed E-state index contributed by atoms with van der Waals surface area (Å²) >= 11 is 0. The van der Waals surface area contributed by atoms with E-state index in [0.717, 1.165) is 12.8 Å². The van der Waals surface area contributed by atoms with Crippen LogP contribution in [0.4, 0.5) is 0 Å². The lowest BCUT2D eigenvalue weighted by molar-refractivity contribution is 0.317. The Labute approximate surface area is 140 Å². The van der Waals surface area contributed by atoms with Crippen LogP contribution in [-0.4, -0.2) is 23.1 Å². The molecule has 1 aromatic carbocycles. The van der Waals surface area contributed by atoms with Crippen LogP contribution in [0.1, 0.15) is 76.7 Å². The monoisotopic (exact) mass is 321 g/mol. The maximum absolute atomic E-state index is 10.00. The average Bonchev–Trinajstić information content (AvgIpc) is 2.57. The minimum atomic E-state index is 0.0908. The number of oxime groups is 1. The van der Waals surface area contributed by atoms with Gasteiger partial charge in [-0.25, -0.2) is 0 Å². The molecule has 0 amide bonds. The van der Waals surface area contributed by atoms with E-state index in [1.807, 2.05) is 0 Å². The Morgan fingerprint density at radius 3 is 2.13 bits per heavy atom. The molecule has 0 unspecified atom stereocenters. The summed E-state index contributed by atoms with van der Waals surface area (Å²) in [5.41, 5.74) is 1.11. The molecule has 0 fully saturated rings. The normalized spacial score (nSPS) is 11.7. The van der Waals surface area contributed by atoms with E-state index in [-0.39, 0.29) is 5.75 Å². The van der Waals surface area contributed by atoms with Crippen LogP contribution in [0.3, 0.4) is 0 Å². The Hall–Kier alpha value is -1.71. The van der Waals surface area contributed by atoms with Gasteiger partial charge in [-0.2, -0.15) is 0 Å². The van der Waals surface area contributed by atoms with Gasteiger partial charge in [-0.3, -0.25) is 0 Å². The van der Waals surface area contributed by atoms with Crippen molar-refractivity contribution in [3.63, 3.8) is 0 Å². The molecule has 0 radical (unpaired) electrons. The third-order valence-electron chi connectivity index (χ3n) is 4.15. The molecular formula is C19H31NO3. The van der Waals surface area contributed by atoms with Gasteiger partial charge in [0.15, 0.2) is 0 Å².